The molecule has 0 radical (unpaired) electrons. The lowest BCUT2D eigenvalue weighted by atomic mass is 10.2. The molecule has 0 N–H and O–H groups in total. The number of hydrogen-bond acceptors (Lipinski definition) is 1. The minimum Gasteiger partial charge on any atom is -0.325 e. The highest BCUT2D eigenvalue weighted by molar-refractivity contribution is 9.10. The van der Waals surface area contributed by atoms with Crippen molar-refractivity contribution in [3.8, 4) is 0 Å². The lowest BCUT2D eigenvalue weighted by Gasteiger charge is -2.26. The second-order valence-corrected chi connectivity index (χ2v) is 4.86. The molecule has 1 aromatic carbocycles. The summed E-state index contributed by atoms with van der Waals surface area (Å²) in [6.07, 6.45) is 0. The fourth-order valence-electron chi connectivity index (χ4n) is 1.71. The molecule has 3 nitrogen and oxygen atoms in total. The van der Waals surface area contributed by atoms with Gasteiger partial charge in [0.2, 0.25) is 0 Å². The van der Waals surface area contributed by atoms with Gasteiger partial charge >= 0.3 is 6.03 Å². The monoisotopic (exact) mass is 298 g/mol. The van der Waals surface area contributed by atoms with E-state index in [1.807, 2.05) is 50.1 Å². The molecule has 0 fully saturated rings. The van der Waals surface area contributed by atoms with E-state index in [1.165, 1.54) is 0 Å². The molecule has 1 aromatic rings. The van der Waals surface area contributed by atoms with Crippen molar-refractivity contribution in [1.29, 1.82) is 0 Å². The highest BCUT2D eigenvalue weighted by Gasteiger charge is 2.14. The van der Waals surface area contributed by atoms with Crippen LogP contribution in [0, 0.1) is 0 Å². The van der Waals surface area contributed by atoms with Crippen molar-refractivity contribution in [3.05, 3.63) is 34.3 Å². The number of amides is 2. The summed E-state index contributed by atoms with van der Waals surface area (Å²) in [6.45, 7) is 6.12. The summed E-state index contributed by atoms with van der Waals surface area (Å²) >= 11 is 3.43. The Balaban J connectivity index is 2.65. The van der Waals surface area contributed by atoms with Crippen LogP contribution in [0.5, 0.6) is 0 Å². The Labute approximate surface area is 112 Å². The molecule has 0 saturated carbocycles. The molecule has 17 heavy (non-hydrogen) atoms. The van der Waals surface area contributed by atoms with Crippen LogP contribution < -0.4 is 0 Å². The molecule has 0 unspecified atom stereocenters. The van der Waals surface area contributed by atoms with E-state index < -0.39 is 0 Å². The largest absolute Gasteiger partial charge is 0.325 e. The first-order valence-corrected chi connectivity index (χ1v) is 6.62. The summed E-state index contributed by atoms with van der Waals surface area (Å²) in [5.74, 6) is 0. The van der Waals surface area contributed by atoms with Gasteiger partial charge in [0.15, 0.2) is 0 Å². The van der Waals surface area contributed by atoms with Gasteiger partial charge in [-0.05, 0) is 31.5 Å². The minimum atomic E-state index is 0.0787. The van der Waals surface area contributed by atoms with Crippen LogP contribution in [0.3, 0.4) is 0 Å². The Hall–Kier alpha value is -1.03. The molecule has 0 heterocycles. The fourth-order valence-corrected chi connectivity index (χ4v) is 2.16. The zero-order chi connectivity index (χ0) is 12.8. The SMILES string of the molecule is CCN(CC)C(=O)N(C)Cc1cccc(Br)c1. The molecule has 1 rings (SSSR count). The van der Waals surface area contributed by atoms with Crippen LogP contribution in [-0.2, 0) is 6.54 Å². The Morgan fingerprint density at radius 3 is 2.47 bits per heavy atom. The molecule has 0 aliphatic heterocycles. The number of urea groups is 1. The van der Waals surface area contributed by atoms with Crippen LogP contribution in [0.2, 0.25) is 0 Å². The maximum atomic E-state index is 12.0. The van der Waals surface area contributed by atoms with Crippen molar-refractivity contribution in [3.63, 3.8) is 0 Å². The number of rotatable bonds is 4. The third-order valence-electron chi connectivity index (χ3n) is 2.67. The van der Waals surface area contributed by atoms with Gasteiger partial charge in [0, 0.05) is 31.2 Å². The Kier molecular flexibility index (Phi) is 5.48. The van der Waals surface area contributed by atoms with E-state index in [0.717, 1.165) is 23.1 Å². The maximum absolute atomic E-state index is 12.0. The van der Waals surface area contributed by atoms with Gasteiger partial charge in [0.25, 0.3) is 0 Å². The lowest BCUT2D eigenvalue weighted by Crippen LogP contribution is -2.40. The first-order chi connectivity index (χ1) is 8.08. The molecule has 0 aliphatic carbocycles. The van der Waals surface area contributed by atoms with Gasteiger partial charge in [-0.15, -0.1) is 0 Å². The number of nitrogens with zero attached hydrogens (tertiary/aromatic N) is 2. The van der Waals surface area contributed by atoms with Gasteiger partial charge in [-0.3, -0.25) is 0 Å². The lowest BCUT2D eigenvalue weighted by molar-refractivity contribution is 0.165. The van der Waals surface area contributed by atoms with E-state index in [0.29, 0.717) is 6.54 Å². The van der Waals surface area contributed by atoms with Crippen molar-refractivity contribution in [2.24, 2.45) is 0 Å². The average molecular weight is 299 g/mol. The number of carbonyl (C=O) groups excluding carboxylic acids is 1. The molecule has 0 atom stereocenters. The molecule has 94 valence electrons. The molecule has 2 amide bonds. The summed E-state index contributed by atoms with van der Waals surface area (Å²) in [7, 11) is 1.83. The van der Waals surface area contributed by atoms with Crippen molar-refractivity contribution < 1.29 is 4.79 Å². The van der Waals surface area contributed by atoms with E-state index in [-0.39, 0.29) is 6.03 Å². The standard InChI is InChI=1S/C13H19BrN2O/c1-4-16(5-2)13(17)15(3)10-11-7-6-8-12(14)9-11/h6-9H,4-5,10H2,1-3H3. The highest BCUT2D eigenvalue weighted by atomic mass is 79.9. The molecule has 0 spiro atoms. The van der Waals surface area contributed by atoms with Gasteiger partial charge in [-0.25, -0.2) is 4.79 Å². The topological polar surface area (TPSA) is 23.6 Å². The first kappa shape index (κ1) is 14.0. The maximum Gasteiger partial charge on any atom is 0.320 e. The van der Waals surface area contributed by atoms with E-state index >= 15 is 0 Å². The highest BCUT2D eigenvalue weighted by Crippen LogP contribution is 2.13. The number of carbonyl (C=O) groups is 1. The number of benzene rings is 1. The van der Waals surface area contributed by atoms with Gasteiger partial charge in [-0.2, -0.15) is 0 Å². The summed E-state index contributed by atoms with van der Waals surface area (Å²) in [5, 5.41) is 0. The second kappa shape index (κ2) is 6.64. The zero-order valence-electron chi connectivity index (χ0n) is 10.6. The first-order valence-electron chi connectivity index (χ1n) is 5.83. The Morgan fingerprint density at radius 1 is 1.29 bits per heavy atom. The summed E-state index contributed by atoms with van der Waals surface area (Å²) in [5.41, 5.74) is 1.13. The fraction of sp³-hybridized carbons (Fsp3) is 0.462. The van der Waals surface area contributed by atoms with Crippen molar-refractivity contribution in [2.75, 3.05) is 20.1 Å². The van der Waals surface area contributed by atoms with E-state index in [9.17, 15) is 4.79 Å². The smallest absolute Gasteiger partial charge is 0.320 e. The predicted octanol–water partition coefficient (Wildman–Crippen LogP) is 3.34. The summed E-state index contributed by atoms with van der Waals surface area (Å²) in [4.78, 5) is 15.6. The van der Waals surface area contributed by atoms with Crippen LogP contribution in [0.25, 0.3) is 0 Å². The zero-order valence-corrected chi connectivity index (χ0v) is 12.2. The molecular weight excluding hydrogens is 280 g/mol. The molecule has 0 aromatic heterocycles. The molecule has 0 aliphatic rings. The van der Waals surface area contributed by atoms with Gasteiger partial charge in [-0.1, -0.05) is 28.1 Å². The van der Waals surface area contributed by atoms with E-state index in [1.54, 1.807) is 4.90 Å². The van der Waals surface area contributed by atoms with E-state index in [4.69, 9.17) is 0 Å². The van der Waals surface area contributed by atoms with Crippen LogP contribution in [0.4, 0.5) is 4.79 Å². The van der Waals surface area contributed by atoms with Crippen LogP contribution >= 0.6 is 15.9 Å². The molecule has 0 saturated heterocycles. The third-order valence-corrected chi connectivity index (χ3v) is 3.16. The normalized spacial score (nSPS) is 10.1. The molecule has 4 heteroatoms. The van der Waals surface area contributed by atoms with Gasteiger partial charge < -0.3 is 9.80 Å². The minimum absolute atomic E-state index is 0.0787. The average Bonchev–Trinajstić information content (AvgIpc) is 2.30. The molecular formula is C13H19BrN2O. The van der Waals surface area contributed by atoms with Crippen molar-refractivity contribution in [1.82, 2.24) is 9.80 Å². The van der Waals surface area contributed by atoms with Gasteiger partial charge in [0.1, 0.15) is 0 Å². The Morgan fingerprint density at radius 2 is 1.94 bits per heavy atom. The Bertz CT molecular complexity index is 377. The van der Waals surface area contributed by atoms with Crippen LogP contribution in [-0.4, -0.2) is 36.0 Å². The van der Waals surface area contributed by atoms with Crippen molar-refractivity contribution in [2.45, 2.75) is 20.4 Å². The summed E-state index contributed by atoms with van der Waals surface area (Å²) in [6, 6.07) is 8.10. The van der Waals surface area contributed by atoms with E-state index in [2.05, 4.69) is 15.9 Å². The predicted molar refractivity (Wildman–Crippen MR) is 73.9 cm³/mol. The van der Waals surface area contributed by atoms with Gasteiger partial charge in [0.05, 0.1) is 0 Å². The summed E-state index contributed by atoms with van der Waals surface area (Å²) < 4.78 is 1.04. The van der Waals surface area contributed by atoms with Crippen LogP contribution in [0.1, 0.15) is 19.4 Å². The second-order valence-electron chi connectivity index (χ2n) is 3.94. The third kappa shape index (κ3) is 4.04. The van der Waals surface area contributed by atoms with Crippen LogP contribution in [0.15, 0.2) is 28.7 Å². The van der Waals surface area contributed by atoms with Crippen molar-refractivity contribution >= 4 is 22.0 Å². The molecule has 0 bridgehead atoms. The quantitative estimate of drug-likeness (QED) is 0.836. The number of hydrogen-bond donors (Lipinski definition) is 0. The number of halogens is 1.